The van der Waals surface area contributed by atoms with Crippen LogP contribution in [0.1, 0.15) is 13.8 Å². The van der Waals surface area contributed by atoms with Gasteiger partial charge in [0.05, 0.1) is 6.04 Å². The quantitative estimate of drug-likeness (QED) is 0.894. The zero-order chi connectivity index (χ0) is 14.5. The molecular weight excluding hydrogens is 248 g/mol. The van der Waals surface area contributed by atoms with Crippen LogP contribution in [-0.4, -0.2) is 11.9 Å². The Morgan fingerprint density at radius 2 is 1.50 bits per heavy atom. The van der Waals surface area contributed by atoms with E-state index in [1.807, 2.05) is 56.3 Å². The summed E-state index contributed by atoms with van der Waals surface area (Å²) in [7, 11) is 0. The molecule has 0 saturated carbocycles. The first-order valence-corrected chi connectivity index (χ1v) is 6.80. The SMILES string of the molecule is CC(C)[C@H](N)C(=O)Nc1ccc(-c2ccccc2)cc1. The Kier molecular flexibility index (Phi) is 4.53. The highest BCUT2D eigenvalue weighted by atomic mass is 16.2. The second-order valence-electron chi connectivity index (χ2n) is 5.20. The van der Waals surface area contributed by atoms with E-state index in [9.17, 15) is 4.79 Å². The van der Waals surface area contributed by atoms with Gasteiger partial charge in [-0.1, -0.05) is 56.3 Å². The molecule has 0 aliphatic carbocycles. The lowest BCUT2D eigenvalue weighted by atomic mass is 10.0. The third-order valence-corrected chi connectivity index (χ3v) is 3.28. The molecule has 0 saturated heterocycles. The second kappa shape index (κ2) is 6.35. The van der Waals surface area contributed by atoms with Crippen molar-refractivity contribution >= 4 is 11.6 Å². The second-order valence-corrected chi connectivity index (χ2v) is 5.20. The summed E-state index contributed by atoms with van der Waals surface area (Å²) in [5, 5.41) is 2.84. The minimum Gasteiger partial charge on any atom is -0.325 e. The number of hydrogen-bond acceptors (Lipinski definition) is 2. The molecule has 1 amide bonds. The van der Waals surface area contributed by atoms with E-state index < -0.39 is 6.04 Å². The smallest absolute Gasteiger partial charge is 0.241 e. The fraction of sp³-hybridized carbons (Fsp3) is 0.235. The van der Waals surface area contributed by atoms with Crippen molar-refractivity contribution in [1.82, 2.24) is 0 Å². The highest BCUT2D eigenvalue weighted by Gasteiger charge is 2.16. The molecule has 0 bridgehead atoms. The van der Waals surface area contributed by atoms with E-state index >= 15 is 0 Å². The molecule has 0 unspecified atom stereocenters. The number of nitrogens with two attached hydrogens (primary N) is 1. The molecule has 3 N–H and O–H groups in total. The number of carbonyl (C=O) groups is 1. The lowest BCUT2D eigenvalue weighted by molar-refractivity contribution is -0.118. The predicted octanol–water partition coefficient (Wildman–Crippen LogP) is 3.28. The fourth-order valence-electron chi connectivity index (χ4n) is 1.90. The third-order valence-electron chi connectivity index (χ3n) is 3.28. The van der Waals surface area contributed by atoms with Gasteiger partial charge in [0.25, 0.3) is 0 Å². The minimum absolute atomic E-state index is 0.124. The van der Waals surface area contributed by atoms with Gasteiger partial charge in [-0.05, 0) is 29.2 Å². The first kappa shape index (κ1) is 14.3. The highest BCUT2D eigenvalue weighted by molar-refractivity contribution is 5.95. The summed E-state index contributed by atoms with van der Waals surface area (Å²) in [6.45, 7) is 3.87. The molecule has 104 valence electrons. The normalized spacial score (nSPS) is 12.2. The van der Waals surface area contributed by atoms with Crippen molar-refractivity contribution in [1.29, 1.82) is 0 Å². The van der Waals surface area contributed by atoms with Gasteiger partial charge in [-0.25, -0.2) is 0 Å². The van der Waals surface area contributed by atoms with E-state index in [2.05, 4.69) is 17.4 Å². The summed E-state index contributed by atoms with van der Waals surface area (Å²) < 4.78 is 0. The largest absolute Gasteiger partial charge is 0.325 e. The maximum atomic E-state index is 11.9. The first-order valence-electron chi connectivity index (χ1n) is 6.80. The number of amides is 1. The van der Waals surface area contributed by atoms with Gasteiger partial charge in [-0.15, -0.1) is 0 Å². The Morgan fingerprint density at radius 1 is 0.950 bits per heavy atom. The lowest BCUT2D eigenvalue weighted by Gasteiger charge is -2.15. The van der Waals surface area contributed by atoms with Gasteiger partial charge in [0.15, 0.2) is 0 Å². The Balaban J connectivity index is 2.08. The molecule has 20 heavy (non-hydrogen) atoms. The van der Waals surface area contributed by atoms with E-state index in [1.165, 1.54) is 0 Å². The van der Waals surface area contributed by atoms with Crippen LogP contribution in [0.4, 0.5) is 5.69 Å². The van der Waals surface area contributed by atoms with Crippen LogP contribution in [0.3, 0.4) is 0 Å². The van der Waals surface area contributed by atoms with Crippen molar-refractivity contribution in [3.63, 3.8) is 0 Å². The molecule has 0 spiro atoms. The Morgan fingerprint density at radius 3 is 2.05 bits per heavy atom. The van der Waals surface area contributed by atoms with Gasteiger partial charge in [0.1, 0.15) is 0 Å². The molecule has 0 aromatic heterocycles. The summed E-state index contributed by atoms with van der Waals surface area (Å²) >= 11 is 0. The molecule has 2 rings (SSSR count). The average Bonchev–Trinajstić information content (AvgIpc) is 2.48. The molecule has 0 aliphatic heterocycles. The van der Waals surface area contributed by atoms with Crippen LogP contribution in [-0.2, 0) is 4.79 Å². The van der Waals surface area contributed by atoms with E-state index in [1.54, 1.807) is 0 Å². The molecule has 1 atom stereocenters. The minimum atomic E-state index is -0.483. The monoisotopic (exact) mass is 268 g/mol. The lowest BCUT2D eigenvalue weighted by Crippen LogP contribution is -2.39. The zero-order valence-electron chi connectivity index (χ0n) is 11.8. The first-order chi connectivity index (χ1) is 9.58. The van der Waals surface area contributed by atoms with Crippen LogP contribution in [0.5, 0.6) is 0 Å². The van der Waals surface area contributed by atoms with Gasteiger partial charge in [-0.3, -0.25) is 4.79 Å². The molecular formula is C17H20N2O. The van der Waals surface area contributed by atoms with Gasteiger partial charge < -0.3 is 11.1 Å². The maximum absolute atomic E-state index is 11.9. The number of carbonyl (C=O) groups excluding carboxylic acids is 1. The topological polar surface area (TPSA) is 55.1 Å². The molecule has 2 aromatic carbocycles. The van der Waals surface area contributed by atoms with Crippen LogP contribution in [0, 0.1) is 5.92 Å². The summed E-state index contributed by atoms with van der Waals surface area (Å²) in [5.74, 6) is -0.0222. The van der Waals surface area contributed by atoms with Crippen LogP contribution < -0.4 is 11.1 Å². The van der Waals surface area contributed by atoms with Crippen molar-refractivity contribution in [2.45, 2.75) is 19.9 Å². The summed E-state index contributed by atoms with van der Waals surface area (Å²) in [4.78, 5) is 11.9. The van der Waals surface area contributed by atoms with Crippen molar-refractivity contribution in [3.8, 4) is 11.1 Å². The highest BCUT2D eigenvalue weighted by Crippen LogP contribution is 2.21. The third kappa shape index (κ3) is 3.45. The number of anilines is 1. The van der Waals surface area contributed by atoms with Crippen LogP contribution >= 0.6 is 0 Å². The summed E-state index contributed by atoms with van der Waals surface area (Å²) in [6, 6.07) is 17.4. The van der Waals surface area contributed by atoms with Crippen LogP contribution in [0.15, 0.2) is 54.6 Å². The van der Waals surface area contributed by atoms with Crippen LogP contribution in [0.2, 0.25) is 0 Å². The number of hydrogen-bond donors (Lipinski definition) is 2. The van der Waals surface area contributed by atoms with Gasteiger partial charge in [0.2, 0.25) is 5.91 Å². The van der Waals surface area contributed by atoms with Crippen molar-refractivity contribution in [2.24, 2.45) is 11.7 Å². The number of rotatable bonds is 4. The summed E-state index contributed by atoms with van der Waals surface area (Å²) in [6.07, 6.45) is 0. The standard InChI is InChI=1S/C17H20N2O/c1-12(2)16(18)17(20)19-15-10-8-14(9-11-15)13-6-4-3-5-7-13/h3-12,16H,18H2,1-2H3,(H,19,20)/t16-/m0/s1. The summed E-state index contributed by atoms with van der Waals surface area (Å²) in [5.41, 5.74) is 8.86. The zero-order valence-corrected chi connectivity index (χ0v) is 11.8. The molecule has 3 heteroatoms. The Bertz CT molecular complexity index is 561. The van der Waals surface area contributed by atoms with Gasteiger partial charge >= 0.3 is 0 Å². The Hall–Kier alpha value is -2.13. The molecule has 3 nitrogen and oxygen atoms in total. The fourth-order valence-corrected chi connectivity index (χ4v) is 1.90. The van der Waals surface area contributed by atoms with E-state index in [0.29, 0.717) is 0 Å². The van der Waals surface area contributed by atoms with Crippen LogP contribution in [0.25, 0.3) is 11.1 Å². The molecule has 0 radical (unpaired) electrons. The van der Waals surface area contributed by atoms with E-state index in [4.69, 9.17) is 5.73 Å². The Labute approximate surface area is 119 Å². The van der Waals surface area contributed by atoms with E-state index in [0.717, 1.165) is 16.8 Å². The van der Waals surface area contributed by atoms with Crippen molar-refractivity contribution in [3.05, 3.63) is 54.6 Å². The predicted molar refractivity (Wildman–Crippen MR) is 83.3 cm³/mol. The number of nitrogens with one attached hydrogen (secondary N) is 1. The molecule has 0 heterocycles. The molecule has 0 fully saturated rings. The molecule has 0 aliphatic rings. The van der Waals surface area contributed by atoms with Gasteiger partial charge in [0, 0.05) is 5.69 Å². The van der Waals surface area contributed by atoms with Crippen molar-refractivity contribution in [2.75, 3.05) is 5.32 Å². The van der Waals surface area contributed by atoms with Gasteiger partial charge in [-0.2, -0.15) is 0 Å². The maximum Gasteiger partial charge on any atom is 0.241 e. The number of benzene rings is 2. The van der Waals surface area contributed by atoms with Crippen molar-refractivity contribution < 1.29 is 4.79 Å². The molecule has 2 aromatic rings. The van der Waals surface area contributed by atoms with E-state index in [-0.39, 0.29) is 11.8 Å². The average molecular weight is 268 g/mol.